The molecular weight excluding hydrogens is 575 g/mol. The summed E-state index contributed by atoms with van der Waals surface area (Å²) >= 11 is 0. The fourth-order valence-electron chi connectivity index (χ4n) is 6.13. The van der Waals surface area contributed by atoms with Crippen LogP contribution in [0.25, 0.3) is 17.2 Å². The molecule has 1 aliphatic carbocycles. The summed E-state index contributed by atoms with van der Waals surface area (Å²) in [7, 11) is 1.63. The van der Waals surface area contributed by atoms with Crippen molar-refractivity contribution in [2.24, 2.45) is 0 Å². The number of carbonyl (C=O) groups is 1. The van der Waals surface area contributed by atoms with E-state index in [1.807, 2.05) is 63.2 Å². The highest BCUT2D eigenvalue weighted by atomic mass is 19.4. The number of hydrogen-bond donors (Lipinski definition) is 0. The maximum absolute atomic E-state index is 13.3. The number of ketones is 1. The second-order valence-electron chi connectivity index (χ2n) is 12.3. The molecule has 1 aromatic heterocycles. The molecule has 5 rings (SSSR count). The predicted molar refractivity (Wildman–Crippen MR) is 172 cm³/mol. The van der Waals surface area contributed by atoms with Crippen LogP contribution in [-0.2, 0) is 42.4 Å². The number of furan rings is 1. The average molecular weight is 616 g/mol. The number of rotatable bonds is 11. The summed E-state index contributed by atoms with van der Waals surface area (Å²) in [5.41, 5.74) is 7.90. The third-order valence-corrected chi connectivity index (χ3v) is 8.83. The van der Waals surface area contributed by atoms with E-state index < -0.39 is 17.4 Å². The van der Waals surface area contributed by atoms with Crippen LogP contribution in [0.15, 0.2) is 77.2 Å². The average Bonchev–Trinajstić information content (AvgIpc) is 3.51. The van der Waals surface area contributed by atoms with E-state index in [1.54, 1.807) is 7.11 Å². The van der Waals surface area contributed by atoms with Crippen molar-refractivity contribution < 1.29 is 27.1 Å². The highest BCUT2D eigenvalue weighted by Crippen LogP contribution is 2.36. The lowest BCUT2D eigenvalue weighted by atomic mass is 9.78. The minimum Gasteiger partial charge on any atom is -0.496 e. The van der Waals surface area contributed by atoms with Gasteiger partial charge in [-0.15, -0.1) is 0 Å². The van der Waals surface area contributed by atoms with Gasteiger partial charge in [0.25, 0.3) is 0 Å². The maximum Gasteiger partial charge on any atom is 0.449 e. The summed E-state index contributed by atoms with van der Waals surface area (Å²) in [5.74, 6) is 0.111. The van der Waals surface area contributed by atoms with Gasteiger partial charge in [0.1, 0.15) is 17.3 Å². The zero-order chi connectivity index (χ0) is 32.4. The van der Waals surface area contributed by atoms with Gasteiger partial charge in [-0.2, -0.15) is 13.2 Å². The third-order valence-electron chi connectivity index (χ3n) is 8.83. The van der Waals surface area contributed by atoms with Crippen LogP contribution >= 0.6 is 0 Å². The highest BCUT2D eigenvalue weighted by molar-refractivity contribution is 5.89. The Balaban J connectivity index is 1.48. The minimum absolute atomic E-state index is 0.173. The van der Waals surface area contributed by atoms with E-state index in [4.69, 9.17) is 9.15 Å². The first-order chi connectivity index (χ1) is 21.4. The molecule has 7 heteroatoms. The van der Waals surface area contributed by atoms with Gasteiger partial charge in [-0.1, -0.05) is 67.6 Å². The SMILES string of the molecule is CCC(=O)C(C)(C)c1cccc(-c2ccc(CN(Cc3ccc(C(F)(F)F)o3)Cc3c(C)ccc4c3C=CCC4)cc2OC)c1. The lowest BCUT2D eigenvalue weighted by Crippen LogP contribution is -2.28. The van der Waals surface area contributed by atoms with Gasteiger partial charge in [0.05, 0.1) is 13.7 Å². The number of halogens is 3. The Labute approximate surface area is 263 Å². The quantitative estimate of drug-likeness (QED) is 0.169. The number of Topliss-reactive ketones (excluding diaryl/α,β-unsaturated/α-hetero) is 1. The van der Waals surface area contributed by atoms with Crippen LogP contribution in [0, 0.1) is 6.92 Å². The molecule has 236 valence electrons. The van der Waals surface area contributed by atoms with Crippen molar-refractivity contribution >= 4 is 11.9 Å². The van der Waals surface area contributed by atoms with Gasteiger partial charge < -0.3 is 9.15 Å². The van der Waals surface area contributed by atoms with Gasteiger partial charge in [0.15, 0.2) is 0 Å². The number of hydrogen-bond acceptors (Lipinski definition) is 4. The van der Waals surface area contributed by atoms with E-state index in [9.17, 15) is 18.0 Å². The molecule has 0 aliphatic heterocycles. The van der Waals surface area contributed by atoms with Crippen molar-refractivity contribution in [3.63, 3.8) is 0 Å². The number of methoxy groups -OCH3 is 1. The molecule has 4 aromatic rings. The number of benzene rings is 3. The molecular formula is C38H40F3NO3. The summed E-state index contributed by atoms with van der Waals surface area (Å²) < 4.78 is 51.1. The number of carbonyl (C=O) groups excluding carboxylic acids is 1. The lowest BCUT2D eigenvalue weighted by Gasteiger charge is -2.26. The molecule has 0 N–H and O–H groups in total. The van der Waals surface area contributed by atoms with Crippen molar-refractivity contribution in [3.05, 3.63) is 118 Å². The summed E-state index contributed by atoms with van der Waals surface area (Å²) in [6, 6.07) is 20.7. The minimum atomic E-state index is -4.54. The van der Waals surface area contributed by atoms with E-state index in [1.165, 1.54) is 17.2 Å². The van der Waals surface area contributed by atoms with E-state index >= 15 is 0 Å². The number of aryl methyl sites for hydroxylation is 2. The Morgan fingerprint density at radius 3 is 2.49 bits per heavy atom. The zero-order valence-electron chi connectivity index (χ0n) is 26.6. The molecule has 0 saturated carbocycles. The van der Waals surface area contributed by atoms with Gasteiger partial charge in [0, 0.05) is 30.5 Å². The Morgan fingerprint density at radius 2 is 1.78 bits per heavy atom. The molecule has 0 fully saturated rings. The highest BCUT2D eigenvalue weighted by Gasteiger charge is 2.35. The van der Waals surface area contributed by atoms with Crippen molar-refractivity contribution in [1.29, 1.82) is 0 Å². The number of nitrogens with zero attached hydrogens (tertiary/aromatic N) is 1. The molecule has 0 atom stereocenters. The van der Waals surface area contributed by atoms with Gasteiger partial charge in [-0.25, -0.2) is 0 Å². The monoisotopic (exact) mass is 615 g/mol. The fourth-order valence-corrected chi connectivity index (χ4v) is 6.13. The van der Waals surface area contributed by atoms with Crippen LogP contribution in [0.5, 0.6) is 5.75 Å². The molecule has 1 heterocycles. The number of ether oxygens (including phenoxy) is 1. The van der Waals surface area contributed by atoms with Crippen LogP contribution in [0.1, 0.15) is 78.5 Å². The molecule has 0 saturated heterocycles. The first-order valence-corrected chi connectivity index (χ1v) is 15.4. The lowest BCUT2D eigenvalue weighted by molar-refractivity contribution is -0.153. The van der Waals surface area contributed by atoms with Crippen LogP contribution in [0.3, 0.4) is 0 Å². The van der Waals surface area contributed by atoms with E-state index in [0.29, 0.717) is 25.3 Å². The van der Waals surface area contributed by atoms with Crippen LogP contribution in [-0.4, -0.2) is 17.8 Å². The molecule has 0 amide bonds. The molecule has 0 bridgehead atoms. The second kappa shape index (κ2) is 13.1. The Kier molecular flexibility index (Phi) is 9.40. The van der Waals surface area contributed by atoms with Gasteiger partial charge in [0.2, 0.25) is 5.76 Å². The van der Waals surface area contributed by atoms with Crippen molar-refractivity contribution in [2.75, 3.05) is 7.11 Å². The standard InChI is InChI=1S/C38H40F3NO3/c1-6-35(43)37(3,4)29-12-9-11-28(21-29)32-18-15-26(20-34(32)44-5)22-42(23-30-17-19-36(45-30)38(39,40)41)24-33-25(2)14-16-27-10-7-8-13-31(27)33/h8-9,11-21H,6-7,10,22-24H2,1-5H3. The summed E-state index contributed by atoms with van der Waals surface area (Å²) in [5, 5.41) is 0. The van der Waals surface area contributed by atoms with E-state index in [-0.39, 0.29) is 18.1 Å². The Hall–Kier alpha value is -4.10. The molecule has 4 nitrogen and oxygen atoms in total. The van der Waals surface area contributed by atoms with Crippen molar-refractivity contribution in [3.8, 4) is 16.9 Å². The van der Waals surface area contributed by atoms with Crippen LogP contribution in [0.2, 0.25) is 0 Å². The van der Waals surface area contributed by atoms with Gasteiger partial charge in [-0.3, -0.25) is 9.69 Å². The smallest absolute Gasteiger partial charge is 0.449 e. The summed E-state index contributed by atoms with van der Waals surface area (Å²) in [4.78, 5) is 14.8. The van der Waals surface area contributed by atoms with Crippen LogP contribution in [0.4, 0.5) is 13.2 Å². The first-order valence-electron chi connectivity index (χ1n) is 15.4. The van der Waals surface area contributed by atoms with Crippen molar-refractivity contribution in [2.45, 2.75) is 78.2 Å². The van der Waals surface area contributed by atoms with Crippen LogP contribution < -0.4 is 4.74 Å². The van der Waals surface area contributed by atoms with Gasteiger partial charge in [-0.05, 0) is 90.8 Å². The van der Waals surface area contributed by atoms with E-state index in [0.717, 1.165) is 52.3 Å². The summed E-state index contributed by atoms with van der Waals surface area (Å²) in [6.07, 6.45) is 2.22. The second-order valence-corrected chi connectivity index (χ2v) is 12.3. The van der Waals surface area contributed by atoms with Gasteiger partial charge >= 0.3 is 6.18 Å². The molecule has 0 radical (unpaired) electrons. The molecule has 3 aromatic carbocycles. The molecule has 1 aliphatic rings. The third kappa shape index (κ3) is 7.09. The fraction of sp³-hybridized carbons (Fsp3) is 0.342. The maximum atomic E-state index is 13.3. The predicted octanol–water partition coefficient (Wildman–Crippen LogP) is 9.70. The Bertz CT molecular complexity index is 1710. The zero-order valence-corrected chi connectivity index (χ0v) is 26.6. The first kappa shape index (κ1) is 32.3. The normalized spacial score (nSPS) is 13.3. The topological polar surface area (TPSA) is 42.7 Å². The summed E-state index contributed by atoms with van der Waals surface area (Å²) in [6.45, 7) is 9.06. The van der Waals surface area contributed by atoms with E-state index in [2.05, 4.69) is 36.1 Å². The number of allylic oxidation sites excluding steroid dienone is 1. The number of fused-ring (bicyclic) bond motifs is 1. The largest absolute Gasteiger partial charge is 0.496 e. The molecule has 0 spiro atoms. The Morgan fingerprint density at radius 1 is 0.978 bits per heavy atom. The molecule has 0 unspecified atom stereocenters. The van der Waals surface area contributed by atoms with Crippen molar-refractivity contribution in [1.82, 2.24) is 4.90 Å². The molecule has 45 heavy (non-hydrogen) atoms. The number of alkyl halides is 3.